The van der Waals surface area contributed by atoms with Crippen LogP contribution in [-0.2, 0) is 0 Å². The summed E-state index contributed by atoms with van der Waals surface area (Å²) in [4.78, 5) is 0. The molecule has 1 aromatic rings. The summed E-state index contributed by atoms with van der Waals surface area (Å²) in [5, 5.41) is 0. The van der Waals surface area contributed by atoms with Crippen LogP contribution in [0.1, 0.15) is 19.4 Å². The Kier molecular flexibility index (Phi) is 2.76. The molecular weight excluding hydrogens is 146 g/mol. The predicted octanol–water partition coefficient (Wildman–Crippen LogP) is 2.28. The van der Waals surface area contributed by atoms with Gasteiger partial charge in [-0.1, -0.05) is 37.8 Å². The van der Waals surface area contributed by atoms with Gasteiger partial charge in [0.1, 0.15) is 0 Å². The van der Waals surface area contributed by atoms with Gasteiger partial charge in [0.15, 0.2) is 0 Å². The van der Waals surface area contributed by atoms with Crippen molar-refractivity contribution in [1.82, 2.24) is 0 Å². The number of para-hydroxylation sites is 1. The quantitative estimate of drug-likeness (QED) is 0.456. The molecule has 0 aliphatic carbocycles. The van der Waals surface area contributed by atoms with Crippen molar-refractivity contribution < 1.29 is 0 Å². The van der Waals surface area contributed by atoms with Crippen LogP contribution in [-0.4, -0.2) is 0 Å². The molecule has 12 heavy (non-hydrogen) atoms. The molecule has 1 rings (SSSR count). The Morgan fingerprint density at radius 2 is 1.92 bits per heavy atom. The van der Waals surface area contributed by atoms with Crippen LogP contribution in [0.3, 0.4) is 0 Å². The molecule has 0 fully saturated rings. The third kappa shape index (κ3) is 2.32. The highest BCUT2D eigenvalue weighted by molar-refractivity contribution is 5.55. The largest absolute Gasteiger partial charge is 0.398 e. The maximum atomic E-state index is 5.70. The molecule has 2 N–H and O–H groups in total. The second-order valence-corrected chi connectivity index (χ2v) is 3.01. The highest BCUT2D eigenvalue weighted by Crippen LogP contribution is 2.08. The van der Waals surface area contributed by atoms with E-state index in [0.717, 1.165) is 11.3 Å². The first-order valence-electron chi connectivity index (χ1n) is 4.06. The fraction of sp³-hybridized carbons (Fsp3) is 0.273. The molecule has 0 heterocycles. The summed E-state index contributed by atoms with van der Waals surface area (Å²) in [7, 11) is 0. The molecule has 0 amide bonds. The fourth-order valence-electron chi connectivity index (χ4n) is 0.833. The lowest BCUT2D eigenvalue weighted by molar-refractivity contribution is 0.866. The van der Waals surface area contributed by atoms with Gasteiger partial charge in [-0.2, -0.15) is 0 Å². The molecule has 0 aromatic heterocycles. The molecule has 0 atom stereocenters. The van der Waals surface area contributed by atoms with E-state index in [1.54, 1.807) is 0 Å². The normalized spacial score (nSPS) is 9.25. The summed E-state index contributed by atoms with van der Waals surface area (Å²) in [5.41, 5.74) is 7.38. The van der Waals surface area contributed by atoms with Gasteiger partial charge in [-0.25, -0.2) is 0 Å². The van der Waals surface area contributed by atoms with Crippen LogP contribution in [0.5, 0.6) is 0 Å². The van der Waals surface area contributed by atoms with Crippen LogP contribution < -0.4 is 5.73 Å². The van der Waals surface area contributed by atoms with Gasteiger partial charge in [-0.05, 0) is 12.1 Å². The fourth-order valence-corrected chi connectivity index (χ4v) is 0.833. The molecule has 0 radical (unpaired) electrons. The van der Waals surface area contributed by atoms with Gasteiger partial charge in [-0.3, -0.25) is 0 Å². The SMILES string of the molecule is CC(C)C#Cc1ccccc1N. The van der Waals surface area contributed by atoms with E-state index < -0.39 is 0 Å². The lowest BCUT2D eigenvalue weighted by Gasteiger charge is -1.95. The number of nitrogen functional groups attached to an aromatic ring is 1. The number of anilines is 1. The highest BCUT2D eigenvalue weighted by Gasteiger charge is 1.91. The average Bonchev–Trinajstić information content (AvgIpc) is 2.03. The molecule has 0 aliphatic heterocycles. The molecule has 0 bridgehead atoms. The summed E-state index contributed by atoms with van der Waals surface area (Å²) in [6.45, 7) is 4.12. The predicted molar refractivity (Wildman–Crippen MR) is 52.6 cm³/mol. The Hall–Kier alpha value is -1.42. The molecule has 0 unspecified atom stereocenters. The summed E-state index contributed by atoms with van der Waals surface area (Å²) >= 11 is 0. The van der Waals surface area contributed by atoms with Crippen molar-refractivity contribution in [2.45, 2.75) is 13.8 Å². The Labute approximate surface area is 73.6 Å². The van der Waals surface area contributed by atoms with Crippen LogP contribution in [0.2, 0.25) is 0 Å². The maximum absolute atomic E-state index is 5.70. The number of hydrogen-bond acceptors (Lipinski definition) is 1. The Morgan fingerprint density at radius 3 is 2.50 bits per heavy atom. The topological polar surface area (TPSA) is 26.0 Å². The zero-order chi connectivity index (χ0) is 8.97. The molecular formula is C11H13N. The Bertz CT molecular complexity index is 315. The van der Waals surface area contributed by atoms with E-state index in [9.17, 15) is 0 Å². The second kappa shape index (κ2) is 3.82. The lowest BCUT2D eigenvalue weighted by atomic mass is 10.1. The first-order valence-corrected chi connectivity index (χ1v) is 4.06. The molecule has 0 spiro atoms. The molecule has 1 nitrogen and oxygen atoms in total. The summed E-state index contributed by atoms with van der Waals surface area (Å²) in [5.74, 6) is 6.50. The minimum atomic E-state index is 0.393. The van der Waals surface area contributed by atoms with Crippen molar-refractivity contribution in [3.63, 3.8) is 0 Å². The number of hydrogen-bond donors (Lipinski definition) is 1. The minimum Gasteiger partial charge on any atom is -0.398 e. The van der Waals surface area contributed by atoms with E-state index in [2.05, 4.69) is 25.7 Å². The van der Waals surface area contributed by atoms with Crippen LogP contribution >= 0.6 is 0 Å². The molecule has 0 saturated heterocycles. The van der Waals surface area contributed by atoms with Gasteiger partial charge in [0.2, 0.25) is 0 Å². The number of rotatable bonds is 0. The van der Waals surface area contributed by atoms with Gasteiger partial charge in [0.25, 0.3) is 0 Å². The van der Waals surface area contributed by atoms with Gasteiger partial charge in [0, 0.05) is 17.2 Å². The minimum absolute atomic E-state index is 0.393. The van der Waals surface area contributed by atoms with Crippen LogP contribution in [0.4, 0.5) is 5.69 Å². The zero-order valence-electron chi connectivity index (χ0n) is 7.46. The molecule has 1 aromatic carbocycles. The van der Waals surface area contributed by atoms with Crippen molar-refractivity contribution >= 4 is 5.69 Å². The van der Waals surface area contributed by atoms with Crippen molar-refractivity contribution in [3.8, 4) is 11.8 Å². The summed E-state index contributed by atoms with van der Waals surface area (Å²) in [6.07, 6.45) is 0. The number of benzene rings is 1. The van der Waals surface area contributed by atoms with Gasteiger partial charge in [-0.15, -0.1) is 0 Å². The van der Waals surface area contributed by atoms with Crippen molar-refractivity contribution in [2.75, 3.05) is 5.73 Å². The van der Waals surface area contributed by atoms with Gasteiger partial charge < -0.3 is 5.73 Å². The van der Waals surface area contributed by atoms with Crippen LogP contribution in [0, 0.1) is 17.8 Å². The van der Waals surface area contributed by atoms with Gasteiger partial charge >= 0.3 is 0 Å². The average molecular weight is 159 g/mol. The Morgan fingerprint density at radius 1 is 1.25 bits per heavy atom. The third-order valence-electron chi connectivity index (χ3n) is 1.46. The first kappa shape index (κ1) is 8.67. The monoisotopic (exact) mass is 159 g/mol. The molecule has 62 valence electrons. The van der Waals surface area contributed by atoms with Crippen LogP contribution in [0.25, 0.3) is 0 Å². The summed E-state index contributed by atoms with van der Waals surface area (Å²) in [6, 6.07) is 7.66. The molecule has 0 aliphatic rings. The Balaban J connectivity index is 2.92. The zero-order valence-corrected chi connectivity index (χ0v) is 7.46. The molecule has 1 heteroatoms. The highest BCUT2D eigenvalue weighted by atomic mass is 14.5. The van der Waals surface area contributed by atoms with E-state index in [1.165, 1.54) is 0 Å². The second-order valence-electron chi connectivity index (χ2n) is 3.01. The maximum Gasteiger partial charge on any atom is 0.0474 e. The van der Waals surface area contributed by atoms with Gasteiger partial charge in [0.05, 0.1) is 0 Å². The van der Waals surface area contributed by atoms with E-state index in [0.29, 0.717) is 5.92 Å². The first-order chi connectivity index (χ1) is 5.70. The lowest BCUT2D eigenvalue weighted by Crippen LogP contribution is -1.89. The van der Waals surface area contributed by atoms with Crippen molar-refractivity contribution in [3.05, 3.63) is 29.8 Å². The number of nitrogens with two attached hydrogens (primary N) is 1. The van der Waals surface area contributed by atoms with Crippen LogP contribution in [0.15, 0.2) is 24.3 Å². The standard InChI is InChI=1S/C11H13N/c1-9(2)7-8-10-5-3-4-6-11(10)12/h3-6,9H,12H2,1-2H3. The van der Waals surface area contributed by atoms with E-state index >= 15 is 0 Å². The van der Waals surface area contributed by atoms with E-state index in [1.807, 2.05) is 24.3 Å². The molecule has 0 saturated carbocycles. The van der Waals surface area contributed by atoms with E-state index in [4.69, 9.17) is 5.73 Å². The third-order valence-corrected chi connectivity index (χ3v) is 1.46. The summed E-state index contributed by atoms with van der Waals surface area (Å²) < 4.78 is 0. The smallest absolute Gasteiger partial charge is 0.0474 e. The van der Waals surface area contributed by atoms with Crippen molar-refractivity contribution in [2.24, 2.45) is 5.92 Å². The van der Waals surface area contributed by atoms with Crippen molar-refractivity contribution in [1.29, 1.82) is 0 Å². The van der Waals surface area contributed by atoms with E-state index in [-0.39, 0.29) is 0 Å².